The average Bonchev–Trinajstić information content (AvgIpc) is 2.85. The number of hydrogen-bond donors (Lipinski definition) is 1. The van der Waals surface area contributed by atoms with E-state index in [0.29, 0.717) is 35.9 Å². The second-order valence-electron chi connectivity index (χ2n) is 6.77. The van der Waals surface area contributed by atoms with Crippen LogP contribution in [0.1, 0.15) is 44.9 Å². The van der Waals surface area contributed by atoms with Gasteiger partial charge in [0.1, 0.15) is 0 Å². The van der Waals surface area contributed by atoms with Gasteiger partial charge in [0.25, 0.3) is 0 Å². The minimum absolute atomic E-state index is 0. The molecule has 4 nitrogen and oxygen atoms in total. The normalized spacial score (nSPS) is 34.0. The van der Waals surface area contributed by atoms with Gasteiger partial charge in [0.05, 0.1) is 11.9 Å². The fourth-order valence-electron chi connectivity index (χ4n) is 3.87. The van der Waals surface area contributed by atoms with E-state index in [1.165, 1.54) is 25.7 Å². The van der Waals surface area contributed by atoms with Crippen LogP contribution in [0.5, 0.6) is 0 Å². The van der Waals surface area contributed by atoms with Crippen LogP contribution in [0.2, 0.25) is 0 Å². The number of ether oxygens (including phenoxy) is 1. The fourth-order valence-corrected chi connectivity index (χ4v) is 4.89. The van der Waals surface area contributed by atoms with Crippen molar-refractivity contribution in [3.05, 3.63) is 0 Å². The van der Waals surface area contributed by atoms with Gasteiger partial charge in [0, 0.05) is 37.5 Å². The minimum atomic E-state index is 0. The van der Waals surface area contributed by atoms with E-state index in [9.17, 15) is 4.79 Å². The van der Waals surface area contributed by atoms with Crippen LogP contribution in [0.4, 0.5) is 0 Å². The quantitative estimate of drug-likeness (QED) is 0.828. The number of piperidine rings is 1. The summed E-state index contributed by atoms with van der Waals surface area (Å²) in [5.74, 6) is 1.87. The van der Waals surface area contributed by atoms with Gasteiger partial charge in [-0.2, -0.15) is 0 Å². The molecule has 3 heterocycles. The van der Waals surface area contributed by atoms with Crippen molar-refractivity contribution in [2.75, 3.05) is 25.2 Å². The van der Waals surface area contributed by atoms with E-state index in [0.717, 1.165) is 31.6 Å². The number of nitrogens with one attached hydrogen (secondary N) is 1. The van der Waals surface area contributed by atoms with Gasteiger partial charge in [0.15, 0.2) is 0 Å². The molecule has 0 saturated carbocycles. The van der Waals surface area contributed by atoms with E-state index in [1.807, 2.05) is 11.9 Å². The molecule has 6 heteroatoms. The summed E-state index contributed by atoms with van der Waals surface area (Å²) in [5.41, 5.74) is 0. The Morgan fingerprint density at radius 3 is 2.59 bits per heavy atom. The summed E-state index contributed by atoms with van der Waals surface area (Å²) in [4.78, 5) is 14.4. The maximum Gasteiger partial charge on any atom is 0.232 e. The molecule has 0 aromatic carbocycles. The Hall–Kier alpha value is 0.0300. The first kappa shape index (κ1) is 18.4. The Morgan fingerprint density at radius 1 is 1.23 bits per heavy atom. The molecule has 3 saturated heterocycles. The maximum absolute atomic E-state index is 12.4. The van der Waals surface area contributed by atoms with Gasteiger partial charge >= 0.3 is 0 Å². The summed E-state index contributed by atoms with van der Waals surface area (Å²) in [5, 5.41) is 3.64. The first-order valence-electron chi connectivity index (χ1n) is 8.43. The SMILES string of the molecule is CN(C(=O)CSCC1CCCCO1)C1CC2CCC(C1)N2.Cl. The van der Waals surface area contributed by atoms with Gasteiger partial charge in [-0.05, 0) is 44.9 Å². The third kappa shape index (κ3) is 4.76. The molecule has 3 rings (SSSR count). The Kier molecular flexibility index (Phi) is 7.32. The molecule has 3 fully saturated rings. The van der Waals surface area contributed by atoms with Crippen LogP contribution in [0.15, 0.2) is 0 Å². The maximum atomic E-state index is 12.4. The summed E-state index contributed by atoms with van der Waals surface area (Å²) in [6.45, 7) is 0.900. The second kappa shape index (κ2) is 8.76. The van der Waals surface area contributed by atoms with E-state index in [-0.39, 0.29) is 12.4 Å². The molecule has 1 N–H and O–H groups in total. The molecular formula is C16H29ClN2O2S. The predicted molar refractivity (Wildman–Crippen MR) is 93.9 cm³/mol. The molecule has 0 radical (unpaired) electrons. The van der Waals surface area contributed by atoms with E-state index >= 15 is 0 Å². The minimum Gasteiger partial charge on any atom is -0.377 e. The molecule has 3 aliphatic heterocycles. The van der Waals surface area contributed by atoms with Gasteiger partial charge in [-0.25, -0.2) is 0 Å². The lowest BCUT2D eigenvalue weighted by Crippen LogP contribution is -2.49. The van der Waals surface area contributed by atoms with Crippen LogP contribution in [-0.4, -0.2) is 60.2 Å². The summed E-state index contributed by atoms with van der Waals surface area (Å²) in [6, 6.07) is 1.74. The number of thioether (sulfide) groups is 1. The number of hydrogen-bond acceptors (Lipinski definition) is 4. The third-order valence-corrected chi connectivity index (χ3v) is 6.25. The molecule has 3 atom stereocenters. The zero-order chi connectivity index (χ0) is 14.7. The van der Waals surface area contributed by atoms with Gasteiger partial charge in [0.2, 0.25) is 5.91 Å². The van der Waals surface area contributed by atoms with Crippen LogP contribution >= 0.6 is 24.2 Å². The Labute approximate surface area is 144 Å². The van der Waals surface area contributed by atoms with Crippen molar-refractivity contribution in [3.63, 3.8) is 0 Å². The molecule has 128 valence electrons. The van der Waals surface area contributed by atoms with Crippen molar-refractivity contribution in [3.8, 4) is 0 Å². The number of nitrogens with zero attached hydrogens (tertiary/aromatic N) is 1. The van der Waals surface area contributed by atoms with Gasteiger partial charge in [-0.3, -0.25) is 4.79 Å². The number of fused-ring (bicyclic) bond motifs is 2. The lowest BCUT2D eigenvalue weighted by Gasteiger charge is -2.35. The number of carbonyl (C=O) groups is 1. The van der Waals surface area contributed by atoms with Crippen LogP contribution in [0.25, 0.3) is 0 Å². The zero-order valence-corrected chi connectivity index (χ0v) is 15.1. The third-order valence-electron chi connectivity index (χ3n) is 5.19. The van der Waals surface area contributed by atoms with Gasteiger partial charge in [-0.1, -0.05) is 0 Å². The molecule has 0 aromatic rings. The molecule has 3 unspecified atom stereocenters. The van der Waals surface area contributed by atoms with Crippen molar-refractivity contribution in [2.45, 2.75) is 69.2 Å². The summed E-state index contributed by atoms with van der Waals surface area (Å²) < 4.78 is 5.72. The summed E-state index contributed by atoms with van der Waals surface area (Å²) in [7, 11) is 2.00. The van der Waals surface area contributed by atoms with Crippen molar-refractivity contribution in [1.29, 1.82) is 0 Å². The van der Waals surface area contributed by atoms with Crippen LogP contribution in [-0.2, 0) is 9.53 Å². The van der Waals surface area contributed by atoms with Crippen LogP contribution < -0.4 is 5.32 Å². The highest BCUT2D eigenvalue weighted by atomic mass is 35.5. The number of amides is 1. The van der Waals surface area contributed by atoms with E-state index in [1.54, 1.807) is 11.8 Å². The largest absolute Gasteiger partial charge is 0.377 e. The van der Waals surface area contributed by atoms with E-state index in [4.69, 9.17) is 4.74 Å². The molecular weight excluding hydrogens is 320 g/mol. The first-order valence-corrected chi connectivity index (χ1v) is 9.59. The van der Waals surface area contributed by atoms with Gasteiger partial charge in [-0.15, -0.1) is 24.2 Å². The number of carbonyl (C=O) groups excluding carboxylic acids is 1. The first-order chi connectivity index (χ1) is 10.2. The zero-order valence-electron chi connectivity index (χ0n) is 13.5. The Bertz CT molecular complexity index is 354. The summed E-state index contributed by atoms with van der Waals surface area (Å²) >= 11 is 1.75. The highest BCUT2D eigenvalue weighted by molar-refractivity contribution is 7.99. The molecule has 0 aliphatic carbocycles. The molecule has 0 aromatic heterocycles. The average molecular weight is 349 g/mol. The molecule has 0 spiro atoms. The van der Waals surface area contributed by atoms with E-state index in [2.05, 4.69) is 5.32 Å². The monoisotopic (exact) mass is 348 g/mol. The number of halogens is 1. The molecule has 1 amide bonds. The van der Waals surface area contributed by atoms with Crippen molar-refractivity contribution in [1.82, 2.24) is 10.2 Å². The highest BCUT2D eigenvalue weighted by Crippen LogP contribution is 2.29. The Balaban J connectivity index is 0.00000176. The smallest absolute Gasteiger partial charge is 0.232 e. The molecule has 2 bridgehead atoms. The lowest BCUT2D eigenvalue weighted by atomic mass is 9.98. The number of rotatable bonds is 5. The van der Waals surface area contributed by atoms with Crippen LogP contribution in [0, 0.1) is 0 Å². The standard InChI is InChI=1S/C16H28N2O2S.ClH/c1-18(14-8-12-5-6-13(9-14)17-12)16(19)11-21-10-15-4-2-3-7-20-15;/h12-15,17H,2-11H2,1H3;1H. The predicted octanol–water partition coefficient (Wildman–Crippen LogP) is 2.45. The topological polar surface area (TPSA) is 41.6 Å². The highest BCUT2D eigenvalue weighted by Gasteiger charge is 2.36. The van der Waals surface area contributed by atoms with E-state index < -0.39 is 0 Å². The molecule has 22 heavy (non-hydrogen) atoms. The van der Waals surface area contributed by atoms with Crippen molar-refractivity contribution < 1.29 is 9.53 Å². The fraction of sp³-hybridized carbons (Fsp3) is 0.938. The lowest BCUT2D eigenvalue weighted by molar-refractivity contribution is -0.129. The van der Waals surface area contributed by atoms with Crippen molar-refractivity contribution in [2.24, 2.45) is 0 Å². The molecule has 3 aliphatic rings. The van der Waals surface area contributed by atoms with Gasteiger partial charge < -0.3 is 15.0 Å². The van der Waals surface area contributed by atoms with Crippen LogP contribution in [0.3, 0.4) is 0 Å². The van der Waals surface area contributed by atoms with Crippen molar-refractivity contribution >= 4 is 30.1 Å². The summed E-state index contributed by atoms with van der Waals surface area (Å²) in [6.07, 6.45) is 8.85. The second-order valence-corrected chi connectivity index (χ2v) is 7.80. The Morgan fingerprint density at radius 2 is 1.95 bits per heavy atom.